The van der Waals surface area contributed by atoms with E-state index in [2.05, 4.69) is 10.6 Å². The summed E-state index contributed by atoms with van der Waals surface area (Å²) in [7, 11) is 1.55. The van der Waals surface area contributed by atoms with E-state index < -0.39 is 6.10 Å². The summed E-state index contributed by atoms with van der Waals surface area (Å²) in [4.78, 5) is 26.2. The number of para-hydroxylation sites is 2. The molecule has 132 valence electrons. The van der Waals surface area contributed by atoms with Gasteiger partial charge in [-0.15, -0.1) is 0 Å². The minimum atomic E-state index is -0.690. The maximum atomic E-state index is 12.5. The molecule has 2 aromatic carbocycles. The Hall–Kier alpha value is -3.53. The van der Waals surface area contributed by atoms with Crippen LogP contribution in [0.5, 0.6) is 5.75 Å². The zero-order chi connectivity index (χ0) is 18.5. The monoisotopic (exact) mass is 350 g/mol. The van der Waals surface area contributed by atoms with E-state index in [4.69, 9.17) is 10.00 Å². The molecule has 7 nitrogen and oxygen atoms in total. The maximum absolute atomic E-state index is 12.5. The van der Waals surface area contributed by atoms with Crippen LogP contribution < -0.4 is 20.3 Å². The highest BCUT2D eigenvalue weighted by atomic mass is 16.5. The van der Waals surface area contributed by atoms with Gasteiger partial charge in [0.25, 0.3) is 5.91 Å². The first-order valence-electron chi connectivity index (χ1n) is 8.13. The van der Waals surface area contributed by atoms with Crippen molar-refractivity contribution < 1.29 is 14.3 Å². The lowest BCUT2D eigenvalue weighted by atomic mass is 10.1. The number of nitrogens with one attached hydrogen (secondary N) is 2. The van der Waals surface area contributed by atoms with Crippen LogP contribution in [0.25, 0.3) is 0 Å². The second-order valence-electron chi connectivity index (χ2n) is 5.81. The number of nitriles is 1. The molecule has 0 aliphatic carbocycles. The molecule has 0 aromatic heterocycles. The van der Waals surface area contributed by atoms with Crippen molar-refractivity contribution in [2.45, 2.75) is 6.10 Å². The molecule has 1 heterocycles. The third-order valence-corrected chi connectivity index (χ3v) is 4.01. The SMILES string of the molecule is CNC(=O)[C@H]1CN(CC(=O)Nc2cccc(C#N)c2)c2ccccc2O1. The van der Waals surface area contributed by atoms with Gasteiger partial charge in [-0.1, -0.05) is 18.2 Å². The molecule has 0 bridgehead atoms. The molecule has 2 N–H and O–H groups in total. The fourth-order valence-electron chi connectivity index (χ4n) is 2.79. The van der Waals surface area contributed by atoms with Crippen LogP contribution in [0.3, 0.4) is 0 Å². The van der Waals surface area contributed by atoms with E-state index in [0.29, 0.717) is 17.0 Å². The number of fused-ring (bicyclic) bond motifs is 1. The molecular formula is C19H18N4O3. The van der Waals surface area contributed by atoms with Crippen LogP contribution in [0.1, 0.15) is 5.56 Å². The summed E-state index contributed by atoms with van der Waals surface area (Å²) < 4.78 is 5.72. The Labute approximate surface area is 151 Å². The summed E-state index contributed by atoms with van der Waals surface area (Å²) in [6.45, 7) is 0.326. The van der Waals surface area contributed by atoms with Crippen LogP contribution in [0.15, 0.2) is 48.5 Å². The molecule has 1 atom stereocenters. The average Bonchev–Trinajstić information content (AvgIpc) is 2.67. The summed E-state index contributed by atoms with van der Waals surface area (Å²) in [6, 6.07) is 16.0. The van der Waals surface area contributed by atoms with E-state index in [1.54, 1.807) is 37.4 Å². The molecule has 0 saturated heterocycles. The number of hydrogen-bond acceptors (Lipinski definition) is 5. The van der Waals surface area contributed by atoms with Crippen molar-refractivity contribution in [1.29, 1.82) is 5.26 Å². The molecule has 0 radical (unpaired) electrons. The fourth-order valence-corrected chi connectivity index (χ4v) is 2.79. The molecule has 2 aromatic rings. The predicted octanol–water partition coefficient (Wildman–Crippen LogP) is 1.51. The number of hydrogen-bond donors (Lipinski definition) is 2. The minimum absolute atomic E-state index is 0.0602. The second-order valence-corrected chi connectivity index (χ2v) is 5.81. The van der Waals surface area contributed by atoms with Crippen molar-refractivity contribution in [3.8, 4) is 11.8 Å². The molecule has 2 amide bonds. The summed E-state index contributed by atoms with van der Waals surface area (Å²) in [5.41, 5.74) is 1.78. The van der Waals surface area contributed by atoms with Gasteiger partial charge in [0.2, 0.25) is 5.91 Å². The summed E-state index contributed by atoms with van der Waals surface area (Å²) >= 11 is 0. The Morgan fingerprint density at radius 3 is 2.85 bits per heavy atom. The van der Waals surface area contributed by atoms with Crippen molar-refractivity contribution in [3.05, 3.63) is 54.1 Å². The third kappa shape index (κ3) is 3.75. The number of ether oxygens (including phenoxy) is 1. The third-order valence-electron chi connectivity index (χ3n) is 4.01. The first-order valence-corrected chi connectivity index (χ1v) is 8.13. The van der Waals surface area contributed by atoms with Crippen LogP contribution in [-0.4, -0.2) is 38.1 Å². The molecule has 26 heavy (non-hydrogen) atoms. The van der Waals surface area contributed by atoms with Crippen LogP contribution in [0.4, 0.5) is 11.4 Å². The number of carbonyl (C=O) groups excluding carboxylic acids is 2. The maximum Gasteiger partial charge on any atom is 0.262 e. The molecule has 7 heteroatoms. The van der Waals surface area contributed by atoms with Crippen LogP contribution >= 0.6 is 0 Å². The second kappa shape index (κ2) is 7.57. The molecule has 0 spiro atoms. The molecule has 0 unspecified atom stereocenters. The van der Waals surface area contributed by atoms with Crippen LogP contribution in [-0.2, 0) is 9.59 Å². The Morgan fingerprint density at radius 1 is 1.27 bits per heavy atom. The molecule has 0 saturated carbocycles. The normalized spacial score (nSPS) is 15.2. The first kappa shape index (κ1) is 17.3. The quantitative estimate of drug-likeness (QED) is 0.872. The number of carbonyl (C=O) groups is 2. The fraction of sp³-hybridized carbons (Fsp3) is 0.211. The minimum Gasteiger partial charge on any atom is -0.477 e. The molecule has 1 aliphatic rings. The van der Waals surface area contributed by atoms with Gasteiger partial charge in [-0.2, -0.15) is 5.26 Å². The van der Waals surface area contributed by atoms with Crippen LogP contribution in [0, 0.1) is 11.3 Å². The van der Waals surface area contributed by atoms with Crippen LogP contribution in [0.2, 0.25) is 0 Å². The zero-order valence-electron chi connectivity index (χ0n) is 14.2. The molecular weight excluding hydrogens is 332 g/mol. The number of rotatable bonds is 4. The van der Waals surface area contributed by atoms with E-state index in [-0.39, 0.29) is 24.9 Å². The first-order chi connectivity index (χ1) is 12.6. The van der Waals surface area contributed by atoms with Gasteiger partial charge in [0.1, 0.15) is 5.75 Å². The van der Waals surface area contributed by atoms with E-state index in [9.17, 15) is 9.59 Å². The van der Waals surface area contributed by atoms with Gasteiger partial charge in [-0.05, 0) is 30.3 Å². The van der Waals surface area contributed by atoms with Gasteiger partial charge in [-0.25, -0.2) is 0 Å². The van der Waals surface area contributed by atoms with Crippen molar-refractivity contribution >= 4 is 23.2 Å². The van der Waals surface area contributed by atoms with Gasteiger partial charge in [-0.3, -0.25) is 9.59 Å². The number of benzene rings is 2. The molecule has 1 aliphatic heterocycles. The van der Waals surface area contributed by atoms with Crippen molar-refractivity contribution in [2.75, 3.05) is 30.4 Å². The van der Waals surface area contributed by atoms with Gasteiger partial charge >= 0.3 is 0 Å². The van der Waals surface area contributed by atoms with E-state index in [1.807, 2.05) is 29.2 Å². The van der Waals surface area contributed by atoms with E-state index >= 15 is 0 Å². The van der Waals surface area contributed by atoms with Crippen molar-refractivity contribution in [3.63, 3.8) is 0 Å². The van der Waals surface area contributed by atoms with Gasteiger partial charge in [0.05, 0.1) is 30.4 Å². The lowest BCUT2D eigenvalue weighted by Crippen LogP contribution is -2.50. The van der Waals surface area contributed by atoms with Crippen molar-refractivity contribution in [1.82, 2.24) is 5.32 Å². The lowest BCUT2D eigenvalue weighted by Gasteiger charge is -2.34. The Kier molecular flexibility index (Phi) is 5.04. The largest absolute Gasteiger partial charge is 0.477 e. The smallest absolute Gasteiger partial charge is 0.262 e. The zero-order valence-corrected chi connectivity index (χ0v) is 14.2. The van der Waals surface area contributed by atoms with E-state index in [1.165, 1.54) is 0 Å². The highest BCUT2D eigenvalue weighted by Gasteiger charge is 2.30. The Morgan fingerprint density at radius 2 is 2.08 bits per heavy atom. The van der Waals surface area contributed by atoms with Gasteiger partial charge in [0.15, 0.2) is 6.10 Å². The summed E-state index contributed by atoms with van der Waals surface area (Å²) in [5, 5.41) is 14.3. The number of anilines is 2. The Bertz CT molecular complexity index is 875. The van der Waals surface area contributed by atoms with Crippen molar-refractivity contribution in [2.24, 2.45) is 0 Å². The standard InChI is InChI=1S/C19H18N4O3/c1-21-19(25)17-11-23(15-7-2-3-8-16(15)26-17)12-18(24)22-14-6-4-5-13(9-14)10-20/h2-9,17H,11-12H2,1H3,(H,21,25)(H,22,24)/t17-/m1/s1. The van der Waals surface area contributed by atoms with Gasteiger partial charge in [0, 0.05) is 12.7 Å². The predicted molar refractivity (Wildman–Crippen MR) is 96.9 cm³/mol. The molecule has 0 fully saturated rings. The molecule has 3 rings (SSSR count). The highest BCUT2D eigenvalue weighted by Crippen LogP contribution is 2.32. The number of likely N-dealkylation sites (N-methyl/N-ethyl adjacent to an activating group) is 1. The van der Waals surface area contributed by atoms with Gasteiger partial charge < -0.3 is 20.3 Å². The Balaban J connectivity index is 1.75. The summed E-state index contributed by atoms with van der Waals surface area (Å²) in [5.74, 6) is 0.0747. The lowest BCUT2D eigenvalue weighted by molar-refractivity contribution is -0.127. The highest BCUT2D eigenvalue weighted by molar-refractivity contribution is 5.95. The summed E-state index contributed by atoms with van der Waals surface area (Å²) in [6.07, 6.45) is -0.690. The number of amides is 2. The number of nitrogens with zero attached hydrogens (tertiary/aromatic N) is 2. The average molecular weight is 350 g/mol. The van der Waals surface area contributed by atoms with E-state index in [0.717, 1.165) is 5.69 Å². The topological polar surface area (TPSA) is 94.5 Å².